The first-order chi connectivity index (χ1) is 32.4. The zero-order valence-electron chi connectivity index (χ0n) is 37.6. The van der Waals surface area contributed by atoms with Gasteiger partial charge in [0.15, 0.2) is 5.96 Å². The first-order valence-corrected chi connectivity index (χ1v) is 21.9. The van der Waals surface area contributed by atoms with Gasteiger partial charge in [-0.3, -0.25) is 38.6 Å². The highest BCUT2D eigenvalue weighted by molar-refractivity contribution is 5.97. The molecule has 0 saturated heterocycles. The number of unbranched alkanes of at least 4 members (excludes halogenated alkanes) is 1. The number of benzene rings is 2. The first kappa shape index (κ1) is 52.8. The van der Waals surface area contributed by atoms with Crippen molar-refractivity contribution in [2.75, 3.05) is 6.54 Å². The Kier molecular flexibility index (Phi) is 20.4. The second kappa shape index (κ2) is 26.3. The molecule has 2 aromatic carbocycles. The van der Waals surface area contributed by atoms with E-state index < -0.39 is 122 Å². The number of hydrogen-bond acceptors (Lipinski definition) is 10. The van der Waals surface area contributed by atoms with Crippen molar-refractivity contribution in [3.63, 3.8) is 0 Å². The summed E-state index contributed by atoms with van der Waals surface area (Å²) in [6, 6.07) is 6.58. The number of fused-ring (bicyclic) bond motifs is 1. The molecule has 7 atom stereocenters. The lowest BCUT2D eigenvalue weighted by Gasteiger charge is -2.28. The van der Waals surface area contributed by atoms with Crippen LogP contribution < -0.4 is 43.4 Å². The number of H-pyrrole nitrogens is 2. The molecule has 0 saturated carbocycles. The van der Waals surface area contributed by atoms with Crippen molar-refractivity contribution in [1.82, 2.24) is 46.9 Å². The molecular formula is C45H59FN12O10. The number of carboxylic acid groups (broad SMARTS) is 2. The molecule has 1 unspecified atom stereocenters. The zero-order valence-corrected chi connectivity index (χ0v) is 37.6. The number of nitrogens with zero attached hydrogens (tertiary/aromatic N) is 2. The summed E-state index contributed by atoms with van der Waals surface area (Å²) >= 11 is 0. The Morgan fingerprint density at radius 2 is 1.28 bits per heavy atom. The van der Waals surface area contributed by atoms with Crippen LogP contribution in [-0.2, 0) is 57.6 Å². The second-order valence-corrected chi connectivity index (χ2v) is 16.1. The number of aliphatic carboxylic acids is 2. The van der Waals surface area contributed by atoms with Crippen LogP contribution in [0.3, 0.4) is 0 Å². The summed E-state index contributed by atoms with van der Waals surface area (Å²) in [5, 5.41) is 35.5. The number of alkyl halides is 1. The summed E-state index contributed by atoms with van der Waals surface area (Å²) in [6.07, 6.45) is 1.45. The van der Waals surface area contributed by atoms with Crippen molar-refractivity contribution in [1.29, 1.82) is 0 Å². The van der Waals surface area contributed by atoms with Crippen LogP contribution in [0.15, 0.2) is 78.3 Å². The molecule has 14 N–H and O–H groups in total. The van der Waals surface area contributed by atoms with Gasteiger partial charge in [-0.05, 0) is 30.0 Å². The number of carbonyl (C=O) groups excluding carboxylic acids is 6. The number of guanidine groups is 1. The fraction of sp³-hybridized carbons (Fsp3) is 0.422. The molecule has 0 spiro atoms. The average Bonchev–Trinajstić information content (AvgIpc) is 3.97. The minimum Gasteiger partial charge on any atom is -0.481 e. The molecule has 366 valence electrons. The highest BCUT2D eigenvalue weighted by Crippen LogP contribution is 2.20. The third-order valence-electron chi connectivity index (χ3n) is 10.7. The fourth-order valence-corrected chi connectivity index (χ4v) is 7.19. The smallest absolute Gasteiger partial charge is 0.326 e. The van der Waals surface area contributed by atoms with Gasteiger partial charge in [-0.2, -0.15) is 0 Å². The van der Waals surface area contributed by atoms with Crippen molar-refractivity contribution in [2.24, 2.45) is 16.5 Å². The Morgan fingerprint density at radius 3 is 1.88 bits per heavy atom. The summed E-state index contributed by atoms with van der Waals surface area (Å²) in [6.45, 7) is 2.48. The van der Waals surface area contributed by atoms with Crippen molar-refractivity contribution < 1.29 is 53.0 Å². The van der Waals surface area contributed by atoms with Crippen LogP contribution in [0, 0.1) is 0 Å². The number of carboxylic acids is 2. The van der Waals surface area contributed by atoms with Gasteiger partial charge < -0.3 is 63.5 Å². The summed E-state index contributed by atoms with van der Waals surface area (Å²) in [5.41, 5.74) is 12.9. The van der Waals surface area contributed by atoms with E-state index in [1.54, 1.807) is 60.8 Å². The number of rotatable bonds is 28. The van der Waals surface area contributed by atoms with Crippen LogP contribution in [0.25, 0.3) is 10.9 Å². The van der Waals surface area contributed by atoms with Crippen molar-refractivity contribution in [3.8, 4) is 0 Å². The number of amides is 6. The quantitative estimate of drug-likeness (QED) is 0.0264. The van der Waals surface area contributed by atoms with Gasteiger partial charge in [0.05, 0.1) is 12.9 Å². The predicted molar refractivity (Wildman–Crippen MR) is 246 cm³/mol. The number of imidazole rings is 1. The van der Waals surface area contributed by atoms with Crippen LogP contribution in [0.4, 0.5) is 4.39 Å². The van der Waals surface area contributed by atoms with E-state index in [1.165, 1.54) is 19.4 Å². The monoisotopic (exact) mass is 946 g/mol. The SMILES string of the molecule is CCCC[C@H](NC(C)=O)C(=O)N[C@@H](CCC(=O)O)C(=O)N[C@@H](Cc1cnc[nH]1)C(=O)N[C@H](Cc1ccccc1)C(=O)N[C@@H](CC(F)CN=C(N)N)C(=O)N[C@@H](Cc1c[nH]c2ccccc12)C(=O)O. The fourth-order valence-electron chi connectivity index (χ4n) is 7.19. The lowest BCUT2D eigenvalue weighted by atomic mass is 10.0. The molecule has 68 heavy (non-hydrogen) atoms. The number of halogens is 1. The lowest BCUT2D eigenvalue weighted by Crippen LogP contribution is -2.60. The molecule has 0 radical (unpaired) electrons. The number of hydrogen-bond donors (Lipinski definition) is 12. The molecule has 0 aliphatic heterocycles. The van der Waals surface area contributed by atoms with Crippen molar-refractivity contribution in [3.05, 3.63) is 90.1 Å². The highest BCUT2D eigenvalue weighted by Gasteiger charge is 2.35. The molecule has 6 amide bonds. The minimum atomic E-state index is -1.93. The largest absolute Gasteiger partial charge is 0.481 e. The number of nitrogens with two attached hydrogens (primary N) is 2. The van der Waals surface area contributed by atoms with E-state index in [2.05, 4.69) is 51.8 Å². The molecule has 2 aromatic heterocycles. The summed E-state index contributed by atoms with van der Waals surface area (Å²) in [4.78, 5) is 120. The molecule has 4 rings (SSSR count). The van der Waals surface area contributed by atoms with Gasteiger partial charge in [0.25, 0.3) is 0 Å². The second-order valence-electron chi connectivity index (χ2n) is 16.1. The van der Waals surface area contributed by atoms with Crippen LogP contribution in [0.1, 0.15) is 69.2 Å². The van der Waals surface area contributed by atoms with Crippen molar-refractivity contribution in [2.45, 2.75) is 114 Å². The van der Waals surface area contributed by atoms with E-state index in [0.717, 1.165) is 5.52 Å². The summed E-state index contributed by atoms with van der Waals surface area (Å²) in [5.74, 6) is -8.40. The predicted octanol–water partition coefficient (Wildman–Crippen LogP) is -0.0112. The number of para-hydroxylation sites is 1. The number of nitrogens with one attached hydrogen (secondary N) is 8. The summed E-state index contributed by atoms with van der Waals surface area (Å²) in [7, 11) is 0. The molecule has 0 fully saturated rings. The van der Waals surface area contributed by atoms with E-state index in [4.69, 9.17) is 11.5 Å². The molecule has 0 aliphatic rings. The maximum Gasteiger partial charge on any atom is 0.326 e. The molecule has 23 heteroatoms. The van der Waals surface area contributed by atoms with Gasteiger partial charge in [-0.1, -0.05) is 68.3 Å². The molecule has 4 aromatic rings. The van der Waals surface area contributed by atoms with Gasteiger partial charge in [0, 0.05) is 68.0 Å². The third kappa shape index (κ3) is 17.2. The number of carbonyl (C=O) groups is 8. The Hall–Kier alpha value is -7.85. The van der Waals surface area contributed by atoms with Gasteiger partial charge in [0.1, 0.15) is 42.4 Å². The van der Waals surface area contributed by atoms with E-state index in [0.29, 0.717) is 35.0 Å². The molecule has 0 aliphatic carbocycles. The molecule has 2 heterocycles. The van der Waals surface area contributed by atoms with Crippen LogP contribution in [0.5, 0.6) is 0 Å². The summed E-state index contributed by atoms with van der Waals surface area (Å²) < 4.78 is 15.5. The number of aliphatic imine (C=N–C) groups is 1. The first-order valence-electron chi connectivity index (χ1n) is 21.9. The zero-order chi connectivity index (χ0) is 49.8. The maximum absolute atomic E-state index is 15.5. The maximum atomic E-state index is 15.5. The van der Waals surface area contributed by atoms with Crippen LogP contribution in [0.2, 0.25) is 0 Å². The molecular weight excluding hydrogens is 888 g/mol. The Labute approximate surface area is 390 Å². The third-order valence-corrected chi connectivity index (χ3v) is 10.7. The Balaban J connectivity index is 1.64. The van der Waals surface area contributed by atoms with Gasteiger partial charge in [-0.15, -0.1) is 0 Å². The number of aromatic nitrogens is 3. The Bertz CT molecular complexity index is 2370. The average molecular weight is 947 g/mol. The van der Waals surface area contributed by atoms with E-state index >= 15 is 4.39 Å². The van der Waals surface area contributed by atoms with E-state index in [1.807, 2.05) is 6.92 Å². The van der Waals surface area contributed by atoms with Crippen molar-refractivity contribution >= 4 is 64.2 Å². The molecule has 22 nitrogen and oxygen atoms in total. The van der Waals surface area contributed by atoms with Gasteiger partial charge in [0.2, 0.25) is 35.4 Å². The highest BCUT2D eigenvalue weighted by atomic mass is 19.1. The normalized spacial score (nSPS) is 14.1. The topological polar surface area (TPSA) is 358 Å². The van der Waals surface area contributed by atoms with Gasteiger partial charge >= 0.3 is 11.9 Å². The number of aromatic amines is 2. The minimum absolute atomic E-state index is 0.190. The standard InChI is InChI=1S/C45H59FN12O10/c1-3-4-13-32(53-25(2)59)39(62)54-33(15-16-38(60)61)40(63)57-36(20-29-23-49-24-52-29)43(66)55-34(17-26-10-6-5-7-11-26)41(64)56-35(19-28(46)22-51-45(47)48)42(65)58-37(44(67)68)18-27-21-50-31-14-9-8-12-30(27)31/h5-12,14,21,23-24,28,32-37,50H,3-4,13,15-20,22H2,1-2H3,(H,49,52)(H,53,59)(H,54,62)(H,55,66)(H,56,64)(H,57,63)(H,58,65)(H,60,61)(H,67,68)(H4,47,48,51)/t28?,32-,33-,34+,35-,36-,37-/m0/s1. The van der Waals surface area contributed by atoms with Gasteiger partial charge in [-0.25, -0.2) is 14.2 Å². The van der Waals surface area contributed by atoms with Crippen LogP contribution >= 0.6 is 0 Å². The van der Waals surface area contributed by atoms with E-state index in [-0.39, 0.29) is 25.7 Å². The molecule has 0 bridgehead atoms. The van der Waals surface area contributed by atoms with Crippen LogP contribution in [-0.4, -0.2) is 127 Å². The lowest BCUT2D eigenvalue weighted by molar-refractivity contribution is -0.142. The van der Waals surface area contributed by atoms with E-state index in [9.17, 15) is 48.6 Å². The Morgan fingerprint density at radius 1 is 0.706 bits per heavy atom.